The Kier molecular flexibility index (Phi) is 7.05. The van der Waals surface area contributed by atoms with E-state index in [1.54, 1.807) is 19.1 Å². The Labute approximate surface area is 128 Å². The first-order chi connectivity index (χ1) is 9.58. The molecule has 3 nitrogen and oxygen atoms in total. The van der Waals surface area contributed by atoms with E-state index in [4.69, 9.17) is 23.2 Å². The van der Waals surface area contributed by atoms with Crippen molar-refractivity contribution >= 4 is 28.9 Å². The Hall–Kier alpha value is -1.58. The standard InChI is InChI=1S/C8H8ClNO2.C7H7Cl/c1-6-2-3-7(5-9)4-8(6)10(11)12;8-6-7-4-2-1-3-5-7/h2-4H,5H2,1H3;1-5H,6H2. The van der Waals surface area contributed by atoms with Gasteiger partial charge in [0.2, 0.25) is 0 Å². The molecule has 2 aromatic carbocycles. The molecule has 0 saturated carbocycles. The normalized spacial score (nSPS) is 9.55. The molecular weight excluding hydrogens is 297 g/mol. The molecule has 2 rings (SSSR count). The van der Waals surface area contributed by atoms with E-state index in [0.29, 0.717) is 17.3 Å². The Bertz CT molecular complexity index is 559. The minimum absolute atomic E-state index is 0.133. The Morgan fingerprint density at radius 1 is 1.00 bits per heavy atom. The monoisotopic (exact) mass is 311 g/mol. The average Bonchev–Trinajstić information content (AvgIpc) is 2.49. The molecule has 0 spiro atoms. The van der Waals surface area contributed by atoms with Crippen molar-refractivity contribution in [1.82, 2.24) is 0 Å². The van der Waals surface area contributed by atoms with E-state index < -0.39 is 4.92 Å². The highest BCUT2D eigenvalue weighted by molar-refractivity contribution is 6.17. The lowest BCUT2D eigenvalue weighted by Crippen LogP contribution is -1.92. The summed E-state index contributed by atoms with van der Waals surface area (Å²) < 4.78 is 0. The number of hydrogen-bond donors (Lipinski definition) is 0. The van der Waals surface area contributed by atoms with Gasteiger partial charge in [-0.1, -0.05) is 42.5 Å². The second-order valence-corrected chi connectivity index (χ2v) is 4.67. The fraction of sp³-hybridized carbons (Fsp3) is 0.200. The van der Waals surface area contributed by atoms with Crippen molar-refractivity contribution in [2.45, 2.75) is 18.7 Å². The van der Waals surface area contributed by atoms with Crippen molar-refractivity contribution in [1.29, 1.82) is 0 Å². The van der Waals surface area contributed by atoms with Crippen molar-refractivity contribution in [3.8, 4) is 0 Å². The lowest BCUT2D eigenvalue weighted by molar-refractivity contribution is -0.385. The molecule has 0 atom stereocenters. The van der Waals surface area contributed by atoms with E-state index >= 15 is 0 Å². The Morgan fingerprint density at radius 3 is 2.05 bits per heavy atom. The highest BCUT2D eigenvalue weighted by Gasteiger charge is 2.09. The Morgan fingerprint density at radius 2 is 1.60 bits per heavy atom. The van der Waals surface area contributed by atoms with Gasteiger partial charge in [-0.25, -0.2) is 0 Å². The van der Waals surface area contributed by atoms with Gasteiger partial charge in [0.15, 0.2) is 0 Å². The fourth-order valence-corrected chi connectivity index (χ4v) is 1.85. The van der Waals surface area contributed by atoms with Gasteiger partial charge in [0, 0.05) is 23.4 Å². The van der Waals surface area contributed by atoms with E-state index in [1.165, 1.54) is 11.6 Å². The number of nitro groups is 1. The summed E-state index contributed by atoms with van der Waals surface area (Å²) in [5, 5.41) is 10.5. The highest BCUT2D eigenvalue weighted by atomic mass is 35.5. The number of halogens is 2. The molecule has 0 fully saturated rings. The van der Waals surface area contributed by atoms with Crippen molar-refractivity contribution < 1.29 is 4.92 Å². The average molecular weight is 312 g/mol. The first kappa shape index (κ1) is 16.5. The minimum Gasteiger partial charge on any atom is -0.258 e. The molecule has 0 bridgehead atoms. The predicted octanol–water partition coefficient (Wildman–Crippen LogP) is 5.07. The van der Waals surface area contributed by atoms with Crippen molar-refractivity contribution in [3.63, 3.8) is 0 Å². The third-order valence-corrected chi connectivity index (χ3v) is 3.24. The molecule has 0 saturated heterocycles. The molecule has 0 aliphatic carbocycles. The SMILES string of the molecule is Cc1ccc(CCl)cc1[N+](=O)[O-].ClCc1ccccc1. The molecule has 0 aromatic heterocycles. The summed E-state index contributed by atoms with van der Waals surface area (Å²) in [4.78, 5) is 10.1. The Balaban J connectivity index is 0.000000217. The van der Waals surface area contributed by atoms with Gasteiger partial charge in [0.25, 0.3) is 5.69 Å². The van der Waals surface area contributed by atoms with E-state index in [-0.39, 0.29) is 5.69 Å². The molecule has 0 aliphatic rings. The summed E-state index contributed by atoms with van der Waals surface area (Å²) >= 11 is 11.1. The zero-order valence-corrected chi connectivity index (χ0v) is 12.6. The third-order valence-electron chi connectivity index (χ3n) is 2.62. The van der Waals surface area contributed by atoms with Crippen LogP contribution in [0, 0.1) is 17.0 Å². The number of nitro benzene ring substituents is 1. The zero-order chi connectivity index (χ0) is 15.0. The van der Waals surface area contributed by atoms with Crippen LogP contribution in [0.1, 0.15) is 16.7 Å². The van der Waals surface area contributed by atoms with Gasteiger partial charge in [-0.3, -0.25) is 10.1 Å². The maximum absolute atomic E-state index is 10.5. The molecule has 0 aliphatic heterocycles. The fourth-order valence-electron chi connectivity index (χ4n) is 1.50. The summed E-state index contributed by atoms with van der Waals surface area (Å²) in [6.45, 7) is 1.70. The zero-order valence-electron chi connectivity index (χ0n) is 11.1. The van der Waals surface area contributed by atoms with E-state index in [1.807, 2.05) is 30.3 Å². The molecule has 0 heterocycles. The van der Waals surface area contributed by atoms with Gasteiger partial charge in [-0.05, 0) is 18.1 Å². The second kappa shape index (κ2) is 8.56. The molecule has 106 valence electrons. The predicted molar refractivity (Wildman–Crippen MR) is 83.4 cm³/mol. The van der Waals surface area contributed by atoms with Crippen LogP contribution in [-0.2, 0) is 11.8 Å². The molecular formula is C15H15Cl2NO2. The molecule has 0 unspecified atom stereocenters. The minimum atomic E-state index is -0.397. The van der Waals surface area contributed by atoms with Crippen LogP contribution in [0.5, 0.6) is 0 Å². The van der Waals surface area contributed by atoms with Gasteiger partial charge < -0.3 is 0 Å². The molecule has 0 N–H and O–H groups in total. The van der Waals surface area contributed by atoms with E-state index in [2.05, 4.69) is 0 Å². The first-order valence-electron chi connectivity index (χ1n) is 5.98. The van der Waals surface area contributed by atoms with Gasteiger partial charge in [0.05, 0.1) is 4.92 Å². The van der Waals surface area contributed by atoms with E-state index in [9.17, 15) is 10.1 Å². The van der Waals surface area contributed by atoms with Gasteiger partial charge >= 0.3 is 0 Å². The van der Waals surface area contributed by atoms with Crippen LogP contribution >= 0.6 is 23.2 Å². The third kappa shape index (κ3) is 5.19. The highest BCUT2D eigenvalue weighted by Crippen LogP contribution is 2.19. The lowest BCUT2D eigenvalue weighted by atomic mass is 10.1. The number of nitrogens with zero attached hydrogens (tertiary/aromatic N) is 1. The lowest BCUT2D eigenvalue weighted by Gasteiger charge is -1.98. The molecule has 20 heavy (non-hydrogen) atoms. The van der Waals surface area contributed by atoms with Crippen LogP contribution in [0.4, 0.5) is 5.69 Å². The molecule has 0 radical (unpaired) electrons. The molecule has 2 aromatic rings. The maximum atomic E-state index is 10.5. The van der Waals surface area contributed by atoms with Gasteiger partial charge in [-0.2, -0.15) is 0 Å². The largest absolute Gasteiger partial charge is 0.272 e. The maximum Gasteiger partial charge on any atom is 0.272 e. The summed E-state index contributed by atoms with van der Waals surface area (Å²) in [5.74, 6) is 0.919. The van der Waals surface area contributed by atoms with Gasteiger partial charge in [-0.15, -0.1) is 23.2 Å². The van der Waals surface area contributed by atoms with Crippen molar-refractivity contribution in [2.24, 2.45) is 0 Å². The topological polar surface area (TPSA) is 43.1 Å². The van der Waals surface area contributed by atoms with Crippen molar-refractivity contribution in [3.05, 3.63) is 75.3 Å². The van der Waals surface area contributed by atoms with E-state index in [0.717, 1.165) is 5.56 Å². The van der Waals surface area contributed by atoms with Gasteiger partial charge in [0.1, 0.15) is 0 Å². The van der Waals surface area contributed by atoms with Crippen LogP contribution in [0.25, 0.3) is 0 Å². The summed E-state index contributed by atoms with van der Waals surface area (Å²) in [6.07, 6.45) is 0. The number of rotatable bonds is 3. The first-order valence-corrected chi connectivity index (χ1v) is 7.05. The number of benzene rings is 2. The van der Waals surface area contributed by atoms with Crippen molar-refractivity contribution in [2.75, 3.05) is 0 Å². The van der Waals surface area contributed by atoms with Crippen LogP contribution in [0.3, 0.4) is 0 Å². The van der Waals surface area contributed by atoms with Crippen LogP contribution in [0.15, 0.2) is 48.5 Å². The number of hydrogen-bond acceptors (Lipinski definition) is 2. The second-order valence-electron chi connectivity index (χ2n) is 4.13. The number of aryl methyl sites for hydroxylation is 1. The van der Waals surface area contributed by atoms with Crippen LogP contribution in [0.2, 0.25) is 0 Å². The molecule has 0 amide bonds. The van der Waals surface area contributed by atoms with Crippen LogP contribution < -0.4 is 0 Å². The molecule has 5 heteroatoms. The smallest absolute Gasteiger partial charge is 0.258 e. The quantitative estimate of drug-likeness (QED) is 0.451. The summed E-state index contributed by atoms with van der Waals surface area (Å²) in [6, 6.07) is 15.0. The summed E-state index contributed by atoms with van der Waals surface area (Å²) in [7, 11) is 0. The summed E-state index contributed by atoms with van der Waals surface area (Å²) in [5.41, 5.74) is 2.74. The number of alkyl halides is 2. The van der Waals surface area contributed by atoms with Crippen LogP contribution in [-0.4, -0.2) is 4.92 Å².